The van der Waals surface area contributed by atoms with Crippen LogP contribution < -0.4 is 5.32 Å². The van der Waals surface area contributed by atoms with Crippen LogP contribution in [0.3, 0.4) is 0 Å². The second-order valence-electron chi connectivity index (χ2n) is 4.68. The Hall–Kier alpha value is -1.91. The number of nitrogens with one attached hydrogen (secondary N) is 1. The van der Waals surface area contributed by atoms with Crippen molar-refractivity contribution in [1.29, 1.82) is 0 Å². The Kier molecular flexibility index (Phi) is 4.14. The molecule has 5 heteroatoms. The number of esters is 1. The average molecular weight is 265 g/mol. The first-order valence-corrected chi connectivity index (χ1v) is 6.29. The van der Waals surface area contributed by atoms with Gasteiger partial charge in [0.1, 0.15) is 5.82 Å². The zero-order valence-corrected chi connectivity index (χ0v) is 10.7. The summed E-state index contributed by atoms with van der Waals surface area (Å²) >= 11 is 0. The Balaban J connectivity index is 1.83. The zero-order valence-electron chi connectivity index (χ0n) is 10.7. The molecule has 0 aromatic heterocycles. The molecule has 0 radical (unpaired) electrons. The number of carbonyl (C=O) groups excluding carboxylic acids is 2. The number of benzene rings is 1. The number of ether oxygens (including phenoxy) is 1. The lowest BCUT2D eigenvalue weighted by molar-refractivity contribution is -0.154. The number of hydrogen-bond acceptors (Lipinski definition) is 3. The van der Waals surface area contributed by atoms with E-state index in [0.29, 0.717) is 0 Å². The minimum atomic E-state index is -0.847. The zero-order chi connectivity index (χ0) is 13.8. The molecule has 1 N–H and O–H groups in total. The van der Waals surface area contributed by atoms with Gasteiger partial charge in [0.2, 0.25) is 0 Å². The number of amides is 1. The molecule has 0 spiro atoms. The fourth-order valence-electron chi connectivity index (χ4n) is 1.64. The van der Waals surface area contributed by atoms with E-state index in [4.69, 9.17) is 4.74 Å². The smallest absolute Gasteiger partial charge is 0.311 e. The Labute approximate surface area is 110 Å². The van der Waals surface area contributed by atoms with Gasteiger partial charge < -0.3 is 10.1 Å². The van der Waals surface area contributed by atoms with E-state index in [2.05, 4.69) is 5.32 Å². The van der Waals surface area contributed by atoms with Crippen molar-refractivity contribution in [2.45, 2.75) is 38.3 Å². The largest absolute Gasteiger partial charge is 0.452 e. The molecular weight excluding hydrogens is 249 g/mol. The second kappa shape index (κ2) is 5.82. The van der Waals surface area contributed by atoms with E-state index in [9.17, 15) is 14.0 Å². The van der Waals surface area contributed by atoms with Crippen molar-refractivity contribution in [3.05, 3.63) is 35.6 Å². The van der Waals surface area contributed by atoms with E-state index in [1.807, 2.05) is 0 Å². The van der Waals surface area contributed by atoms with Crippen LogP contribution in [-0.4, -0.2) is 24.0 Å². The third-order valence-corrected chi connectivity index (χ3v) is 2.89. The van der Waals surface area contributed by atoms with Gasteiger partial charge >= 0.3 is 5.97 Å². The molecule has 0 saturated heterocycles. The molecule has 1 amide bonds. The van der Waals surface area contributed by atoms with E-state index in [1.54, 1.807) is 12.1 Å². The van der Waals surface area contributed by atoms with Crippen LogP contribution in [0.5, 0.6) is 0 Å². The molecule has 0 aliphatic heterocycles. The standard InChI is InChI=1S/C14H16FNO3/c1-9(14(18)16-11-6-7-11)19-13(17)8-10-4-2-3-5-12(10)15/h2-5,9,11H,6-8H2,1H3,(H,16,18)/t9-/m1/s1. The van der Waals surface area contributed by atoms with Gasteiger partial charge in [0.15, 0.2) is 6.10 Å². The SMILES string of the molecule is C[C@@H](OC(=O)Cc1ccccc1F)C(=O)NC1CC1. The third-order valence-electron chi connectivity index (χ3n) is 2.89. The first-order chi connectivity index (χ1) is 9.06. The summed E-state index contributed by atoms with van der Waals surface area (Å²) < 4.78 is 18.3. The molecule has 19 heavy (non-hydrogen) atoms. The van der Waals surface area contributed by atoms with Crippen LogP contribution in [0.4, 0.5) is 4.39 Å². The van der Waals surface area contributed by atoms with Crippen LogP contribution in [0, 0.1) is 5.82 Å². The maximum Gasteiger partial charge on any atom is 0.311 e. The lowest BCUT2D eigenvalue weighted by Crippen LogP contribution is -2.37. The van der Waals surface area contributed by atoms with Gasteiger partial charge in [0.05, 0.1) is 6.42 Å². The minimum absolute atomic E-state index is 0.173. The Bertz CT molecular complexity index is 485. The normalized spacial score (nSPS) is 15.7. The van der Waals surface area contributed by atoms with Crippen molar-refractivity contribution in [1.82, 2.24) is 5.32 Å². The molecule has 1 aliphatic carbocycles. The van der Waals surface area contributed by atoms with Gasteiger partial charge in [-0.25, -0.2) is 4.39 Å². The van der Waals surface area contributed by atoms with Gasteiger partial charge in [-0.05, 0) is 31.4 Å². The lowest BCUT2D eigenvalue weighted by Gasteiger charge is -2.13. The quantitative estimate of drug-likeness (QED) is 0.822. The monoisotopic (exact) mass is 265 g/mol. The first kappa shape index (κ1) is 13.5. The van der Waals surface area contributed by atoms with Crippen molar-refractivity contribution < 1.29 is 18.7 Å². The summed E-state index contributed by atoms with van der Waals surface area (Å²) in [5, 5.41) is 2.74. The molecule has 1 fully saturated rings. The molecule has 0 unspecified atom stereocenters. The highest BCUT2D eigenvalue weighted by molar-refractivity contribution is 5.84. The molecule has 4 nitrogen and oxygen atoms in total. The van der Waals surface area contributed by atoms with E-state index in [0.717, 1.165) is 12.8 Å². The fourth-order valence-corrected chi connectivity index (χ4v) is 1.64. The molecule has 1 aliphatic rings. The van der Waals surface area contributed by atoms with E-state index >= 15 is 0 Å². The van der Waals surface area contributed by atoms with E-state index in [-0.39, 0.29) is 23.9 Å². The van der Waals surface area contributed by atoms with Crippen molar-refractivity contribution >= 4 is 11.9 Å². The van der Waals surface area contributed by atoms with Gasteiger partial charge in [-0.2, -0.15) is 0 Å². The van der Waals surface area contributed by atoms with Crippen molar-refractivity contribution in [2.24, 2.45) is 0 Å². The van der Waals surface area contributed by atoms with Crippen molar-refractivity contribution in [3.63, 3.8) is 0 Å². The number of hydrogen-bond donors (Lipinski definition) is 1. The van der Waals surface area contributed by atoms with Crippen LogP contribution in [0.1, 0.15) is 25.3 Å². The summed E-state index contributed by atoms with van der Waals surface area (Å²) in [5.41, 5.74) is 0.266. The predicted molar refractivity (Wildman–Crippen MR) is 66.8 cm³/mol. The molecule has 102 valence electrons. The van der Waals surface area contributed by atoms with Gasteiger partial charge in [0, 0.05) is 6.04 Å². The summed E-state index contributed by atoms with van der Waals surface area (Å²) in [6.07, 6.45) is 0.927. The summed E-state index contributed by atoms with van der Waals surface area (Å²) in [6.45, 7) is 1.51. The summed E-state index contributed by atoms with van der Waals surface area (Å²) in [4.78, 5) is 23.2. The van der Waals surface area contributed by atoms with Crippen LogP contribution in [-0.2, 0) is 20.7 Å². The van der Waals surface area contributed by atoms with Gasteiger partial charge in [-0.3, -0.25) is 9.59 Å². The Morgan fingerprint density at radius 2 is 2.11 bits per heavy atom. The van der Waals surface area contributed by atoms with Crippen LogP contribution in [0.25, 0.3) is 0 Å². The molecule has 1 aromatic rings. The molecular formula is C14H16FNO3. The van der Waals surface area contributed by atoms with E-state index < -0.39 is 17.9 Å². The molecule has 1 atom stereocenters. The van der Waals surface area contributed by atoms with Gasteiger partial charge in [-0.1, -0.05) is 18.2 Å². The molecule has 0 heterocycles. The molecule has 0 bridgehead atoms. The van der Waals surface area contributed by atoms with Crippen LogP contribution in [0.2, 0.25) is 0 Å². The lowest BCUT2D eigenvalue weighted by atomic mass is 10.1. The first-order valence-electron chi connectivity index (χ1n) is 6.29. The highest BCUT2D eigenvalue weighted by Crippen LogP contribution is 2.18. The third kappa shape index (κ3) is 4.05. The topological polar surface area (TPSA) is 55.4 Å². The van der Waals surface area contributed by atoms with Crippen LogP contribution >= 0.6 is 0 Å². The molecule has 1 aromatic carbocycles. The maximum atomic E-state index is 13.3. The van der Waals surface area contributed by atoms with Gasteiger partial charge in [-0.15, -0.1) is 0 Å². The number of halogens is 1. The average Bonchev–Trinajstić information content (AvgIpc) is 3.16. The highest BCUT2D eigenvalue weighted by Gasteiger charge is 2.27. The highest BCUT2D eigenvalue weighted by atomic mass is 19.1. The number of carbonyl (C=O) groups is 2. The Morgan fingerprint density at radius 1 is 1.42 bits per heavy atom. The fraction of sp³-hybridized carbons (Fsp3) is 0.429. The second-order valence-corrected chi connectivity index (χ2v) is 4.68. The van der Waals surface area contributed by atoms with Gasteiger partial charge in [0.25, 0.3) is 5.91 Å². The Morgan fingerprint density at radius 3 is 2.74 bits per heavy atom. The van der Waals surface area contributed by atoms with E-state index in [1.165, 1.54) is 19.1 Å². The van der Waals surface area contributed by atoms with Crippen LogP contribution in [0.15, 0.2) is 24.3 Å². The summed E-state index contributed by atoms with van der Waals surface area (Å²) in [5.74, 6) is -1.36. The summed E-state index contributed by atoms with van der Waals surface area (Å²) in [6, 6.07) is 6.22. The van der Waals surface area contributed by atoms with Crippen molar-refractivity contribution in [2.75, 3.05) is 0 Å². The summed E-state index contributed by atoms with van der Waals surface area (Å²) in [7, 11) is 0. The van der Waals surface area contributed by atoms with Crippen molar-refractivity contribution in [3.8, 4) is 0 Å². The predicted octanol–water partition coefficient (Wildman–Crippen LogP) is 1.58. The minimum Gasteiger partial charge on any atom is -0.452 e. The molecule has 2 rings (SSSR count). The maximum absolute atomic E-state index is 13.3. The number of rotatable bonds is 5. The molecule has 1 saturated carbocycles.